The average molecular weight is 366 g/mol. The third-order valence-corrected chi connectivity index (χ3v) is 4.38. The molecule has 130 valence electrons. The minimum absolute atomic E-state index is 0.0408. The van der Waals surface area contributed by atoms with Gasteiger partial charge in [0.15, 0.2) is 11.0 Å². The smallest absolute Gasteiger partial charge is 0.182 e. The molecule has 0 saturated carbocycles. The van der Waals surface area contributed by atoms with E-state index in [9.17, 15) is 13.9 Å². The summed E-state index contributed by atoms with van der Waals surface area (Å²) in [5.74, 6) is -2.09. The van der Waals surface area contributed by atoms with Crippen molar-refractivity contribution in [3.8, 4) is 0 Å². The van der Waals surface area contributed by atoms with E-state index in [1.807, 2.05) is 0 Å². The van der Waals surface area contributed by atoms with E-state index in [0.29, 0.717) is 5.56 Å². The highest BCUT2D eigenvalue weighted by molar-refractivity contribution is 6.29. The van der Waals surface area contributed by atoms with Crippen molar-refractivity contribution in [2.75, 3.05) is 0 Å². The van der Waals surface area contributed by atoms with Gasteiger partial charge in [-0.25, -0.2) is 28.4 Å². The molecular weight excluding hydrogens is 352 g/mol. The van der Waals surface area contributed by atoms with Crippen LogP contribution in [0, 0.1) is 11.6 Å². The first-order valence-corrected chi connectivity index (χ1v) is 7.76. The predicted octanol–water partition coefficient (Wildman–Crippen LogP) is 2.69. The van der Waals surface area contributed by atoms with Gasteiger partial charge in [0, 0.05) is 5.92 Å². The molecule has 25 heavy (non-hydrogen) atoms. The van der Waals surface area contributed by atoms with Crippen molar-refractivity contribution in [1.82, 2.24) is 24.7 Å². The second kappa shape index (κ2) is 6.81. The summed E-state index contributed by atoms with van der Waals surface area (Å²) >= 11 is 5.73. The third kappa shape index (κ3) is 3.35. The zero-order chi connectivity index (χ0) is 18.0. The van der Waals surface area contributed by atoms with Crippen LogP contribution in [-0.4, -0.2) is 29.8 Å². The van der Waals surface area contributed by atoms with Crippen molar-refractivity contribution < 1.29 is 13.9 Å². The summed E-state index contributed by atoms with van der Waals surface area (Å²) in [5.41, 5.74) is -1.31. The molecule has 0 aliphatic heterocycles. The molecule has 0 spiro atoms. The number of benzene rings is 1. The first kappa shape index (κ1) is 17.4. The van der Waals surface area contributed by atoms with Gasteiger partial charge >= 0.3 is 0 Å². The number of hydrogen-bond donors (Lipinski definition) is 1. The zero-order valence-electron chi connectivity index (χ0n) is 13.1. The molecule has 0 saturated heterocycles. The number of aliphatic hydroxyl groups is 1. The summed E-state index contributed by atoms with van der Waals surface area (Å²) in [5, 5.41) is 15.0. The predicted molar refractivity (Wildman–Crippen MR) is 85.7 cm³/mol. The van der Waals surface area contributed by atoms with Crippen LogP contribution in [0.3, 0.4) is 0 Å². The monoisotopic (exact) mass is 365 g/mol. The maximum atomic E-state index is 14.4. The number of rotatable bonds is 5. The van der Waals surface area contributed by atoms with Gasteiger partial charge in [0.1, 0.15) is 30.4 Å². The van der Waals surface area contributed by atoms with Crippen molar-refractivity contribution in [3.05, 3.63) is 71.3 Å². The molecule has 0 aliphatic carbocycles. The van der Waals surface area contributed by atoms with Gasteiger partial charge in [-0.2, -0.15) is 5.10 Å². The van der Waals surface area contributed by atoms with Gasteiger partial charge in [0.25, 0.3) is 0 Å². The molecule has 2 heterocycles. The molecule has 0 amide bonds. The number of nitrogens with zero attached hydrogens (tertiary/aromatic N) is 5. The first-order chi connectivity index (χ1) is 11.9. The van der Waals surface area contributed by atoms with E-state index in [2.05, 4.69) is 20.1 Å². The summed E-state index contributed by atoms with van der Waals surface area (Å²) in [6, 6.07) is 5.31. The fraction of sp³-hybridized carbons (Fsp3) is 0.250. The minimum Gasteiger partial charge on any atom is -0.383 e. The Morgan fingerprint density at radius 2 is 1.92 bits per heavy atom. The fourth-order valence-electron chi connectivity index (χ4n) is 2.67. The molecule has 1 N–H and O–H groups in total. The Balaban J connectivity index is 2.09. The van der Waals surface area contributed by atoms with Crippen molar-refractivity contribution >= 4 is 11.6 Å². The Morgan fingerprint density at radius 1 is 1.20 bits per heavy atom. The van der Waals surface area contributed by atoms with Crippen LogP contribution in [0.15, 0.2) is 43.2 Å². The average Bonchev–Trinajstić information content (AvgIpc) is 3.10. The Hall–Kier alpha value is -2.45. The molecule has 1 aromatic carbocycles. The normalized spacial score (nSPS) is 14.9. The van der Waals surface area contributed by atoms with E-state index >= 15 is 0 Å². The summed E-state index contributed by atoms with van der Waals surface area (Å²) in [7, 11) is 0. The fourth-order valence-corrected chi connectivity index (χ4v) is 2.81. The molecule has 0 bridgehead atoms. The Bertz CT molecular complexity index is 859. The topological polar surface area (TPSA) is 76.7 Å². The first-order valence-electron chi connectivity index (χ1n) is 7.38. The Labute approximate surface area is 147 Å². The van der Waals surface area contributed by atoms with Gasteiger partial charge in [-0.1, -0.05) is 30.7 Å². The standard InChI is InChI=1S/C16H14ClF2N5O/c1-10(14-13(19)15(17)22-8-21-14)16(25,6-24-9-20-7-23-24)11-2-4-12(18)5-3-11/h2-5,7-10,25H,6H2,1H3. The summed E-state index contributed by atoms with van der Waals surface area (Å²) < 4.78 is 29.1. The molecule has 0 fully saturated rings. The lowest BCUT2D eigenvalue weighted by Crippen LogP contribution is -2.38. The van der Waals surface area contributed by atoms with Crippen LogP contribution in [0.4, 0.5) is 8.78 Å². The lowest BCUT2D eigenvalue weighted by atomic mass is 9.80. The Kier molecular flexibility index (Phi) is 4.73. The van der Waals surface area contributed by atoms with E-state index in [1.165, 1.54) is 41.6 Å². The zero-order valence-corrected chi connectivity index (χ0v) is 13.9. The van der Waals surface area contributed by atoms with E-state index in [-0.39, 0.29) is 17.4 Å². The quantitative estimate of drug-likeness (QED) is 0.703. The van der Waals surface area contributed by atoms with Crippen LogP contribution in [-0.2, 0) is 12.1 Å². The summed E-state index contributed by atoms with van der Waals surface area (Å²) in [4.78, 5) is 11.3. The maximum Gasteiger partial charge on any atom is 0.182 e. The van der Waals surface area contributed by atoms with Crippen LogP contribution in [0.1, 0.15) is 24.1 Å². The maximum absolute atomic E-state index is 14.4. The molecular formula is C16H14ClF2N5O. The van der Waals surface area contributed by atoms with E-state index in [0.717, 1.165) is 6.33 Å². The summed E-state index contributed by atoms with van der Waals surface area (Å²) in [6.45, 7) is 1.56. The molecule has 0 radical (unpaired) electrons. The third-order valence-electron chi connectivity index (χ3n) is 4.11. The van der Waals surface area contributed by atoms with Crippen LogP contribution in [0.25, 0.3) is 0 Å². The van der Waals surface area contributed by atoms with Crippen LogP contribution in [0.2, 0.25) is 5.15 Å². The summed E-state index contributed by atoms with van der Waals surface area (Å²) in [6.07, 6.45) is 3.86. The second-order valence-electron chi connectivity index (χ2n) is 5.61. The molecule has 6 nitrogen and oxygen atoms in total. The van der Waals surface area contributed by atoms with Crippen molar-refractivity contribution in [3.63, 3.8) is 0 Å². The molecule has 2 atom stereocenters. The minimum atomic E-state index is -1.64. The van der Waals surface area contributed by atoms with Gasteiger partial charge < -0.3 is 5.11 Å². The Morgan fingerprint density at radius 3 is 2.56 bits per heavy atom. The molecule has 0 aliphatic rings. The number of hydrogen-bond acceptors (Lipinski definition) is 5. The second-order valence-corrected chi connectivity index (χ2v) is 5.97. The molecule has 3 aromatic rings. The van der Waals surface area contributed by atoms with Crippen molar-refractivity contribution in [1.29, 1.82) is 0 Å². The molecule has 2 unspecified atom stereocenters. The highest BCUT2D eigenvalue weighted by atomic mass is 35.5. The lowest BCUT2D eigenvalue weighted by Gasteiger charge is -2.34. The highest BCUT2D eigenvalue weighted by Crippen LogP contribution is 2.39. The van der Waals surface area contributed by atoms with Gasteiger partial charge in [-0.05, 0) is 17.7 Å². The SMILES string of the molecule is CC(c1ncnc(Cl)c1F)C(O)(Cn1cncn1)c1ccc(F)cc1. The van der Waals surface area contributed by atoms with E-state index in [4.69, 9.17) is 11.6 Å². The van der Waals surface area contributed by atoms with E-state index in [1.54, 1.807) is 6.92 Å². The van der Waals surface area contributed by atoms with Crippen LogP contribution >= 0.6 is 11.6 Å². The molecule has 9 heteroatoms. The van der Waals surface area contributed by atoms with Crippen LogP contribution in [0.5, 0.6) is 0 Å². The van der Waals surface area contributed by atoms with Gasteiger partial charge in [-0.15, -0.1) is 0 Å². The molecule has 2 aromatic heterocycles. The van der Waals surface area contributed by atoms with Gasteiger partial charge in [-0.3, -0.25) is 0 Å². The van der Waals surface area contributed by atoms with Crippen molar-refractivity contribution in [2.45, 2.75) is 25.0 Å². The van der Waals surface area contributed by atoms with Crippen molar-refractivity contribution in [2.24, 2.45) is 0 Å². The number of halogens is 3. The number of aromatic nitrogens is 5. The largest absolute Gasteiger partial charge is 0.383 e. The van der Waals surface area contributed by atoms with E-state index < -0.39 is 23.2 Å². The lowest BCUT2D eigenvalue weighted by molar-refractivity contribution is -0.0102. The van der Waals surface area contributed by atoms with Gasteiger partial charge in [0.05, 0.1) is 12.2 Å². The molecule has 3 rings (SSSR count). The van der Waals surface area contributed by atoms with Crippen LogP contribution < -0.4 is 0 Å². The highest BCUT2D eigenvalue weighted by Gasteiger charge is 2.40. The van der Waals surface area contributed by atoms with Gasteiger partial charge in [0.2, 0.25) is 0 Å².